The molecule has 1 aromatic heterocycles. The van der Waals surface area contributed by atoms with Crippen molar-refractivity contribution in [3.63, 3.8) is 0 Å². The third-order valence-corrected chi connectivity index (χ3v) is 4.46. The first-order chi connectivity index (χ1) is 7.66. The van der Waals surface area contributed by atoms with Gasteiger partial charge in [-0.15, -0.1) is 11.3 Å². The number of rotatable bonds is 0. The molecule has 2 aliphatic rings. The molecule has 0 aromatic carbocycles. The zero-order valence-electron chi connectivity index (χ0n) is 9.79. The first-order valence-electron chi connectivity index (χ1n) is 5.86. The van der Waals surface area contributed by atoms with E-state index in [1.54, 1.807) is 5.56 Å². The van der Waals surface area contributed by atoms with E-state index < -0.39 is 0 Å². The lowest BCUT2D eigenvalue weighted by molar-refractivity contribution is 0.633. The lowest BCUT2D eigenvalue weighted by atomic mass is 9.93. The molecule has 0 atom stereocenters. The molecule has 0 nitrogen and oxygen atoms in total. The summed E-state index contributed by atoms with van der Waals surface area (Å²) in [5, 5.41) is 0. The van der Waals surface area contributed by atoms with Crippen LogP contribution in [0.25, 0.3) is 18.2 Å². The Labute approximate surface area is 101 Å². The quantitative estimate of drug-likeness (QED) is 0.600. The number of thiophene rings is 1. The smallest absolute Gasteiger partial charge is 0.0349 e. The monoisotopic (exact) mass is 228 g/mol. The van der Waals surface area contributed by atoms with Crippen molar-refractivity contribution in [1.29, 1.82) is 0 Å². The Bertz CT molecular complexity index is 510. The van der Waals surface area contributed by atoms with Gasteiger partial charge in [0.2, 0.25) is 0 Å². The molecule has 0 saturated heterocycles. The maximum atomic E-state index is 2.32. The van der Waals surface area contributed by atoms with Crippen molar-refractivity contribution in [3.05, 3.63) is 39.1 Å². The van der Waals surface area contributed by atoms with Gasteiger partial charge in [-0.25, -0.2) is 0 Å². The van der Waals surface area contributed by atoms with Crippen LogP contribution in [0.4, 0.5) is 0 Å². The average molecular weight is 228 g/mol. The Morgan fingerprint density at radius 3 is 2.75 bits per heavy atom. The Kier molecular flexibility index (Phi) is 2.18. The van der Waals surface area contributed by atoms with Gasteiger partial charge in [0.1, 0.15) is 0 Å². The summed E-state index contributed by atoms with van der Waals surface area (Å²) in [4.78, 5) is 2.89. The Balaban J connectivity index is 2.17. The van der Waals surface area contributed by atoms with Gasteiger partial charge in [-0.1, -0.05) is 38.2 Å². The van der Waals surface area contributed by atoms with Crippen molar-refractivity contribution in [1.82, 2.24) is 0 Å². The van der Waals surface area contributed by atoms with E-state index in [0.717, 1.165) is 0 Å². The predicted octanol–water partition coefficient (Wildman–Crippen LogP) is 4.77. The summed E-state index contributed by atoms with van der Waals surface area (Å²) in [6, 6.07) is 0. The molecule has 0 N–H and O–H groups in total. The third kappa shape index (κ3) is 1.60. The fraction of sp³-hybridized carbons (Fsp3) is 0.333. The van der Waals surface area contributed by atoms with Crippen LogP contribution >= 0.6 is 11.3 Å². The second kappa shape index (κ2) is 3.46. The Morgan fingerprint density at radius 2 is 1.88 bits per heavy atom. The lowest BCUT2D eigenvalue weighted by Gasteiger charge is -2.12. The zero-order valence-corrected chi connectivity index (χ0v) is 10.6. The van der Waals surface area contributed by atoms with Gasteiger partial charge >= 0.3 is 0 Å². The highest BCUT2D eigenvalue weighted by Crippen LogP contribution is 2.38. The molecule has 0 fully saturated rings. The predicted molar refractivity (Wildman–Crippen MR) is 73.5 cm³/mol. The highest BCUT2D eigenvalue weighted by molar-refractivity contribution is 7.14. The molecule has 0 bridgehead atoms. The first-order valence-corrected chi connectivity index (χ1v) is 6.68. The summed E-state index contributed by atoms with van der Waals surface area (Å²) >= 11 is 1.93. The highest BCUT2D eigenvalue weighted by atomic mass is 32.1. The summed E-state index contributed by atoms with van der Waals surface area (Å²) in [7, 11) is 0. The average Bonchev–Trinajstić information content (AvgIpc) is 2.54. The summed E-state index contributed by atoms with van der Waals surface area (Å²) in [6.07, 6.45) is 16.2. The molecule has 82 valence electrons. The van der Waals surface area contributed by atoms with Crippen molar-refractivity contribution < 1.29 is 0 Å². The number of allylic oxidation sites excluding steroid dienone is 3. The molecular weight excluding hydrogens is 212 g/mol. The van der Waals surface area contributed by atoms with Crippen LogP contribution in [0.5, 0.6) is 0 Å². The normalized spacial score (nSPS) is 20.4. The maximum Gasteiger partial charge on any atom is 0.0349 e. The fourth-order valence-corrected chi connectivity index (χ4v) is 3.45. The molecule has 1 heterocycles. The molecule has 16 heavy (non-hydrogen) atoms. The van der Waals surface area contributed by atoms with Crippen molar-refractivity contribution in [2.24, 2.45) is 5.41 Å². The van der Waals surface area contributed by atoms with E-state index in [4.69, 9.17) is 0 Å². The minimum Gasteiger partial charge on any atom is -0.136 e. The van der Waals surface area contributed by atoms with E-state index >= 15 is 0 Å². The van der Waals surface area contributed by atoms with Gasteiger partial charge < -0.3 is 0 Å². The van der Waals surface area contributed by atoms with Crippen molar-refractivity contribution in [3.8, 4) is 0 Å². The maximum absolute atomic E-state index is 2.32. The summed E-state index contributed by atoms with van der Waals surface area (Å²) < 4.78 is 0. The molecule has 3 rings (SSSR count). The van der Waals surface area contributed by atoms with E-state index in [1.165, 1.54) is 28.2 Å². The van der Waals surface area contributed by atoms with Crippen molar-refractivity contribution in [2.45, 2.75) is 26.7 Å². The van der Waals surface area contributed by atoms with Crippen LogP contribution in [0.2, 0.25) is 0 Å². The molecule has 1 aromatic rings. The molecule has 2 aliphatic carbocycles. The van der Waals surface area contributed by atoms with Crippen molar-refractivity contribution >= 4 is 29.6 Å². The number of fused-ring (bicyclic) bond motifs is 3. The Hall–Kier alpha value is -1.08. The minimum atomic E-state index is 0.191. The van der Waals surface area contributed by atoms with Gasteiger partial charge in [0.15, 0.2) is 0 Å². The van der Waals surface area contributed by atoms with E-state index in [0.29, 0.717) is 0 Å². The zero-order chi connectivity index (χ0) is 11.2. The van der Waals surface area contributed by atoms with Crippen LogP contribution in [0.1, 0.15) is 41.1 Å². The van der Waals surface area contributed by atoms with Gasteiger partial charge in [0.05, 0.1) is 0 Å². The van der Waals surface area contributed by atoms with Crippen LogP contribution in [0.3, 0.4) is 0 Å². The van der Waals surface area contributed by atoms with E-state index in [-0.39, 0.29) is 5.41 Å². The summed E-state index contributed by atoms with van der Waals surface area (Å²) in [5.41, 5.74) is 3.21. The molecule has 0 amide bonds. The topological polar surface area (TPSA) is 0 Å². The van der Waals surface area contributed by atoms with E-state index in [1.807, 2.05) is 11.3 Å². The van der Waals surface area contributed by atoms with Gasteiger partial charge in [0, 0.05) is 15.2 Å². The molecule has 0 saturated carbocycles. The molecule has 0 spiro atoms. The molecule has 1 heteroatoms. The minimum absolute atomic E-state index is 0.191. The SMILES string of the molecule is CC1(C)C=Cc2sc3c(c2C=C1)CCC=C3. The fourth-order valence-electron chi connectivity index (χ4n) is 2.28. The molecule has 0 radical (unpaired) electrons. The molecule has 0 unspecified atom stereocenters. The van der Waals surface area contributed by atoms with E-state index in [9.17, 15) is 0 Å². The van der Waals surface area contributed by atoms with Crippen LogP contribution in [-0.2, 0) is 6.42 Å². The van der Waals surface area contributed by atoms with Crippen LogP contribution in [-0.4, -0.2) is 0 Å². The van der Waals surface area contributed by atoms with Gasteiger partial charge in [0.25, 0.3) is 0 Å². The molecular formula is C15H16S. The number of hydrogen-bond acceptors (Lipinski definition) is 1. The first kappa shape index (κ1) is 10.1. The largest absolute Gasteiger partial charge is 0.136 e. The highest BCUT2D eigenvalue weighted by Gasteiger charge is 2.19. The van der Waals surface area contributed by atoms with E-state index in [2.05, 4.69) is 50.3 Å². The Morgan fingerprint density at radius 1 is 1.06 bits per heavy atom. The van der Waals surface area contributed by atoms with Gasteiger partial charge in [-0.05, 0) is 36.1 Å². The van der Waals surface area contributed by atoms with Crippen LogP contribution in [0.15, 0.2) is 18.2 Å². The summed E-state index contributed by atoms with van der Waals surface area (Å²) in [6.45, 7) is 4.51. The van der Waals surface area contributed by atoms with Crippen molar-refractivity contribution in [2.75, 3.05) is 0 Å². The van der Waals surface area contributed by atoms with Gasteiger partial charge in [-0.3, -0.25) is 0 Å². The van der Waals surface area contributed by atoms with Crippen LogP contribution < -0.4 is 0 Å². The standard InChI is InChI=1S/C15H16S/c1-15(2)9-7-12-11-5-3-4-6-13(11)16-14(12)8-10-15/h4,6-10H,3,5H2,1-2H3. The summed E-state index contributed by atoms with van der Waals surface area (Å²) in [5.74, 6) is 0. The van der Waals surface area contributed by atoms with Crippen LogP contribution in [0, 0.1) is 5.41 Å². The van der Waals surface area contributed by atoms with Gasteiger partial charge in [-0.2, -0.15) is 0 Å². The third-order valence-electron chi connectivity index (χ3n) is 3.28. The lowest BCUT2D eigenvalue weighted by Crippen LogP contribution is -2.00. The number of hydrogen-bond donors (Lipinski definition) is 0. The molecule has 0 aliphatic heterocycles. The second-order valence-electron chi connectivity index (χ2n) is 5.15. The second-order valence-corrected chi connectivity index (χ2v) is 6.24.